The average molecular weight is 412 g/mol. The lowest BCUT2D eigenvalue weighted by Gasteiger charge is -2.09. The summed E-state index contributed by atoms with van der Waals surface area (Å²) in [6.45, 7) is 1.22. The van der Waals surface area contributed by atoms with Gasteiger partial charge in [0.15, 0.2) is 11.8 Å². The van der Waals surface area contributed by atoms with Gasteiger partial charge in [0, 0.05) is 34.6 Å². The molecule has 0 N–H and O–H groups in total. The third-order valence-electron chi connectivity index (χ3n) is 5.79. The smallest absolute Gasteiger partial charge is 0.227 e. The van der Waals surface area contributed by atoms with E-state index in [-0.39, 0.29) is 6.42 Å². The number of benzene rings is 2. The van der Waals surface area contributed by atoms with E-state index >= 15 is 0 Å². The van der Waals surface area contributed by atoms with Gasteiger partial charge in [0.2, 0.25) is 11.4 Å². The van der Waals surface area contributed by atoms with E-state index in [2.05, 4.69) is 40.7 Å². The molecule has 0 spiro atoms. The van der Waals surface area contributed by atoms with Crippen LogP contribution in [0, 0.1) is 12.8 Å². The van der Waals surface area contributed by atoms with Crippen molar-refractivity contribution in [2.45, 2.75) is 27.1 Å². The number of nitrogens with zero attached hydrogens (tertiary/aromatic N) is 2. The summed E-state index contributed by atoms with van der Waals surface area (Å²) in [6, 6.07) is 20.2. The van der Waals surface area contributed by atoms with Gasteiger partial charge >= 0.3 is 0 Å². The van der Waals surface area contributed by atoms with Gasteiger partial charge in [0.25, 0.3) is 0 Å². The summed E-state index contributed by atoms with van der Waals surface area (Å²) in [5.41, 5.74) is 7.51. The van der Waals surface area contributed by atoms with Gasteiger partial charge in [-0.2, -0.15) is 0 Å². The maximum absolute atomic E-state index is 8.23. The fraction of sp³-hybridized carbons (Fsp3) is 0.214. The second-order valence-electron chi connectivity index (χ2n) is 8.16. The summed E-state index contributed by atoms with van der Waals surface area (Å²) in [4.78, 5) is 4.40. The van der Waals surface area contributed by atoms with Crippen LogP contribution in [0.4, 0.5) is 0 Å². The van der Waals surface area contributed by atoms with Gasteiger partial charge in [-0.25, -0.2) is 9.55 Å². The van der Waals surface area contributed by atoms with Gasteiger partial charge in [0.05, 0.1) is 5.56 Å². The molecule has 0 bridgehead atoms. The molecule has 3 nitrogen and oxygen atoms in total. The summed E-state index contributed by atoms with van der Waals surface area (Å²) in [5.74, 6) is -1.53. The first-order chi connectivity index (χ1) is 16.5. The number of hydrogen-bond donors (Lipinski definition) is 0. The summed E-state index contributed by atoms with van der Waals surface area (Å²) < 4.78 is 39.4. The zero-order valence-electron chi connectivity index (χ0n) is 21.9. The van der Waals surface area contributed by atoms with Crippen LogP contribution >= 0.6 is 0 Å². The van der Waals surface area contributed by atoms with E-state index in [1.807, 2.05) is 49.6 Å². The Labute approximate surface area is 188 Å². The van der Waals surface area contributed by atoms with Crippen molar-refractivity contribution < 1.29 is 14.5 Å². The van der Waals surface area contributed by atoms with E-state index in [0.717, 1.165) is 49.9 Å². The zero-order valence-corrected chi connectivity index (χ0v) is 17.9. The number of aryl methyl sites for hydroxylation is 2. The molecule has 31 heavy (non-hydrogen) atoms. The molecular weight excluding hydrogens is 380 g/mol. The van der Waals surface area contributed by atoms with Crippen LogP contribution in [0.5, 0.6) is 0 Å². The minimum Gasteiger partial charge on any atom is -0.437 e. The predicted octanol–water partition coefficient (Wildman–Crippen LogP) is 6.65. The van der Waals surface area contributed by atoms with Crippen LogP contribution in [0.2, 0.25) is 0 Å². The molecule has 0 saturated heterocycles. The number of aromatic nitrogens is 2. The lowest BCUT2D eigenvalue weighted by atomic mass is 9.96. The maximum Gasteiger partial charge on any atom is 0.227 e. The molecule has 1 unspecified atom stereocenters. The molecule has 154 valence electrons. The molecule has 0 fully saturated rings. The highest BCUT2D eigenvalue weighted by atomic mass is 16.3. The van der Waals surface area contributed by atoms with Gasteiger partial charge in [-0.3, -0.25) is 0 Å². The molecule has 2 aromatic carbocycles. The van der Waals surface area contributed by atoms with Crippen LogP contribution < -0.4 is 4.57 Å². The van der Waals surface area contributed by atoms with Crippen molar-refractivity contribution in [2.24, 2.45) is 12.9 Å². The van der Waals surface area contributed by atoms with Gasteiger partial charge in [-0.1, -0.05) is 50.2 Å². The van der Waals surface area contributed by atoms with Crippen LogP contribution in [0.15, 0.2) is 77.5 Å². The fourth-order valence-electron chi connectivity index (χ4n) is 4.21. The number of rotatable bonds is 4. The number of fused-ring (bicyclic) bond motifs is 3. The van der Waals surface area contributed by atoms with Gasteiger partial charge in [-0.05, 0) is 53.6 Å². The Balaban J connectivity index is 1.57. The second-order valence-corrected chi connectivity index (χ2v) is 8.16. The Morgan fingerprint density at radius 1 is 1.06 bits per heavy atom. The summed E-state index contributed by atoms with van der Waals surface area (Å²) >= 11 is 0. The lowest BCUT2D eigenvalue weighted by molar-refractivity contribution is -0.660. The van der Waals surface area contributed by atoms with E-state index < -0.39 is 12.7 Å². The van der Waals surface area contributed by atoms with Crippen molar-refractivity contribution in [3.05, 3.63) is 84.2 Å². The van der Waals surface area contributed by atoms with Crippen LogP contribution in [-0.4, -0.2) is 4.98 Å². The first kappa shape index (κ1) is 15.4. The summed E-state index contributed by atoms with van der Waals surface area (Å²) in [5, 5.41) is 2.03. The Morgan fingerprint density at radius 3 is 2.71 bits per heavy atom. The molecule has 0 aliphatic rings. The van der Waals surface area contributed by atoms with Gasteiger partial charge in [-0.15, -0.1) is 0 Å². The van der Waals surface area contributed by atoms with Crippen molar-refractivity contribution in [1.29, 1.82) is 0 Å². The van der Waals surface area contributed by atoms with Gasteiger partial charge < -0.3 is 4.42 Å². The molecular formula is C28H27N2O+. The maximum atomic E-state index is 8.23. The zero-order chi connectivity index (χ0) is 25.0. The number of pyridine rings is 2. The molecule has 0 saturated carbocycles. The molecule has 0 aliphatic heterocycles. The minimum absolute atomic E-state index is 0.167. The predicted molar refractivity (Wildman–Crippen MR) is 127 cm³/mol. The lowest BCUT2D eigenvalue weighted by Crippen LogP contribution is -2.30. The highest BCUT2D eigenvalue weighted by Crippen LogP contribution is 2.37. The topological polar surface area (TPSA) is 29.9 Å². The first-order valence-electron chi connectivity index (χ1n) is 12.4. The standard InChI is InChI=1S/C28H27N2O/c1-18(2)16-20-8-10-21(11-9-20)22-13-15-30(4)25(17-22)26-19(3)7-12-23-24-6-5-14-29-28(24)31-27(23)26/h5-15,17-18H,16H2,1-4H3/q+1/i1D3,18D. The minimum atomic E-state index is -2.33. The van der Waals surface area contributed by atoms with E-state index in [1.54, 1.807) is 6.20 Å². The largest absolute Gasteiger partial charge is 0.437 e. The fourth-order valence-corrected chi connectivity index (χ4v) is 4.21. The molecule has 0 radical (unpaired) electrons. The second kappa shape index (κ2) is 7.66. The summed E-state index contributed by atoms with van der Waals surface area (Å²) in [7, 11) is 2.02. The van der Waals surface area contributed by atoms with Crippen LogP contribution in [-0.2, 0) is 13.5 Å². The quantitative estimate of drug-likeness (QED) is 0.310. The average Bonchev–Trinajstić information content (AvgIpc) is 3.18. The monoisotopic (exact) mass is 411 g/mol. The van der Waals surface area contributed by atoms with Gasteiger partial charge in [0.1, 0.15) is 7.05 Å². The molecule has 5 rings (SSSR count). The van der Waals surface area contributed by atoms with Crippen LogP contribution in [0.3, 0.4) is 0 Å². The van der Waals surface area contributed by atoms with Crippen molar-refractivity contribution in [3.63, 3.8) is 0 Å². The Morgan fingerprint density at radius 2 is 1.90 bits per heavy atom. The summed E-state index contributed by atoms with van der Waals surface area (Å²) in [6.07, 6.45) is 3.94. The highest BCUT2D eigenvalue weighted by Gasteiger charge is 2.21. The molecule has 0 amide bonds. The van der Waals surface area contributed by atoms with Crippen molar-refractivity contribution in [2.75, 3.05) is 0 Å². The van der Waals surface area contributed by atoms with Crippen LogP contribution in [0.25, 0.3) is 44.5 Å². The van der Waals surface area contributed by atoms with E-state index in [9.17, 15) is 0 Å². The molecule has 3 heteroatoms. The third kappa shape index (κ3) is 3.50. The van der Waals surface area contributed by atoms with E-state index in [0.29, 0.717) is 5.71 Å². The molecule has 1 atom stereocenters. The normalized spacial score (nSPS) is 15.8. The van der Waals surface area contributed by atoms with Crippen molar-refractivity contribution in [3.8, 4) is 22.4 Å². The SMILES string of the molecule is [2H]C([2H])([2H])C([2H])(C)Cc1ccc(-c2cc[n+](C)c(-c3c(C)ccc4c3oc3ncccc34)c2)cc1. The number of hydrogen-bond acceptors (Lipinski definition) is 2. The van der Waals surface area contributed by atoms with Crippen LogP contribution in [0.1, 0.15) is 30.4 Å². The Bertz CT molecular complexity index is 1550. The van der Waals surface area contributed by atoms with E-state index in [1.165, 1.54) is 6.92 Å². The first-order valence-corrected chi connectivity index (χ1v) is 10.4. The highest BCUT2D eigenvalue weighted by molar-refractivity contribution is 6.08. The molecule has 3 heterocycles. The van der Waals surface area contributed by atoms with E-state index in [4.69, 9.17) is 9.90 Å². The molecule has 5 aromatic rings. The molecule has 3 aromatic heterocycles. The van der Waals surface area contributed by atoms with Crippen molar-refractivity contribution >= 4 is 22.1 Å². The number of furan rings is 1. The van der Waals surface area contributed by atoms with Crippen molar-refractivity contribution in [1.82, 2.24) is 4.98 Å². The Hall–Kier alpha value is -3.46. The third-order valence-corrected chi connectivity index (χ3v) is 5.79. The Kier molecular flexibility index (Phi) is 3.79. The molecule has 0 aliphatic carbocycles.